The summed E-state index contributed by atoms with van der Waals surface area (Å²) in [5.74, 6) is 0. The zero-order chi connectivity index (χ0) is 16.0. The van der Waals surface area contributed by atoms with Crippen LogP contribution < -0.4 is 9.80 Å². The van der Waals surface area contributed by atoms with Crippen molar-refractivity contribution in [3.63, 3.8) is 0 Å². The van der Waals surface area contributed by atoms with Gasteiger partial charge in [-0.15, -0.1) is 0 Å². The van der Waals surface area contributed by atoms with Crippen LogP contribution in [0.5, 0.6) is 0 Å². The number of hydrogen-bond donors (Lipinski definition) is 0. The molecule has 21 heavy (non-hydrogen) atoms. The zero-order valence-corrected chi connectivity index (χ0v) is 15.1. The van der Waals surface area contributed by atoms with Gasteiger partial charge in [0.15, 0.2) is 0 Å². The fraction of sp³-hybridized carbons (Fsp3) is 0.562. The first-order valence-electron chi connectivity index (χ1n) is 7.05. The number of nitrogens with zero attached hydrogens (tertiary/aromatic N) is 2. The molecule has 1 heterocycles. The lowest BCUT2D eigenvalue weighted by Gasteiger charge is -2.47. The van der Waals surface area contributed by atoms with E-state index in [1.807, 2.05) is 39.0 Å². The van der Waals surface area contributed by atoms with E-state index < -0.39 is 5.60 Å². The highest BCUT2D eigenvalue weighted by atomic mass is 79.9. The van der Waals surface area contributed by atoms with Crippen LogP contribution in [0.3, 0.4) is 0 Å². The maximum Gasteiger partial charge on any atom is 0.414 e. The Morgan fingerprint density at radius 1 is 1.29 bits per heavy atom. The van der Waals surface area contributed by atoms with Crippen LogP contribution in [-0.2, 0) is 4.74 Å². The third kappa shape index (κ3) is 3.34. The van der Waals surface area contributed by atoms with Gasteiger partial charge < -0.3 is 9.64 Å². The minimum atomic E-state index is -0.503. The van der Waals surface area contributed by atoms with Gasteiger partial charge in [-0.3, -0.25) is 4.90 Å². The molecule has 2 rings (SSSR count). The Morgan fingerprint density at radius 3 is 2.48 bits per heavy atom. The number of amides is 1. The van der Waals surface area contributed by atoms with Crippen molar-refractivity contribution in [2.75, 3.05) is 23.4 Å². The highest BCUT2D eigenvalue weighted by molar-refractivity contribution is 9.10. The molecule has 0 bridgehead atoms. The van der Waals surface area contributed by atoms with Crippen LogP contribution in [-0.4, -0.2) is 30.8 Å². The summed E-state index contributed by atoms with van der Waals surface area (Å²) in [7, 11) is 2.05. The number of anilines is 2. The van der Waals surface area contributed by atoms with Gasteiger partial charge in [0.2, 0.25) is 0 Å². The number of rotatable bonds is 0. The number of fused-ring (bicyclic) bond motifs is 1. The fourth-order valence-electron chi connectivity index (χ4n) is 2.38. The van der Waals surface area contributed by atoms with Gasteiger partial charge in [0.05, 0.1) is 23.5 Å². The van der Waals surface area contributed by atoms with Gasteiger partial charge in [-0.25, -0.2) is 4.79 Å². The maximum atomic E-state index is 12.6. The quantitative estimate of drug-likeness (QED) is 0.691. The lowest BCUT2D eigenvalue weighted by Crippen LogP contribution is -2.56. The lowest BCUT2D eigenvalue weighted by molar-refractivity contribution is 0.0571. The monoisotopic (exact) mass is 354 g/mol. The Morgan fingerprint density at radius 2 is 1.90 bits per heavy atom. The minimum absolute atomic E-state index is 0.155. The molecule has 0 atom stereocenters. The average molecular weight is 355 g/mol. The van der Waals surface area contributed by atoms with Crippen LogP contribution in [0.1, 0.15) is 34.6 Å². The first kappa shape index (κ1) is 16.1. The molecule has 0 aliphatic carbocycles. The Kier molecular flexibility index (Phi) is 4.00. The molecule has 0 unspecified atom stereocenters. The fourth-order valence-corrected chi connectivity index (χ4v) is 2.73. The highest BCUT2D eigenvalue weighted by Gasteiger charge is 2.38. The van der Waals surface area contributed by atoms with E-state index in [2.05, 4.69) is 41.7 Å². The van der Waals surface area contributed by atoms with Crippen LogP contribution in [0.4, 0.5) is 16.2 Å². The molecule has 0 radical (unpaired) electrons. The van der Waals surface area contributed by atoms with Crippen LogP contribution in [0.2, 0.25) is 0 Å². The van der Waals surface area contributed by atoms with Crippen molar-refractivity contribution in [2.24, 2.45) is 0 Å². The predicted molar refractivity (Wildman–Crippen MR) is 90.2 cm³/mol. The molecule has 1 aliphatic heterocycles. The van der Waals surface area contributed by atoms with E-state index in [0.717, 1.165) is 15.8 Å². The van der Waals surface area contributed by atoms with Crippen molar-refractivity contribution in [3.8, 4) is 0 Å². The van der Waals surface area contributed by atoms with Crippen LogP contribution in [0.25, 0.3) is 0 Å². The second-order valence-electron chi connectivity index (χ2n) is 7.07. The number of carbonyl (C=O) groups excluding carboxylic acids is 1. The number of ether oxygens (including phenoxy) is 1. The molecule has 116 valence electrons. The Balaban J connectivity index is 2.45. The summed E-state index contributed by atoms with van der Waals surface area (Å²) in [5, 5.41) is 0. The summed E-state index contributed by atoms with van der Waals surface area (Å²) in [5.41, 5.74) is 1.25. The van der Waals surface area contributed by atoms with Crippen molar-refractivity contribution in [3.05, 3.63) is 22.7 Å². The van der Waals surface area contributed by atoms with Crippen molar-refractivity contribution in [1.82, 2.24) is 0 Å². The van der Waals surface area contributed by atoms with Crippen molar-refractivity contribution in [1.29, 1.82) is 0 Å². The van der Waals surface area contributed by atoms with Gasteiger partial charge in [-0.05, 0) is 52.8 Å². The predicted octanol–water partition coefficient (Wildman–Crippen LogP) is 4.42. The van der Waals surface area contributed by atoms with Crippen molar-refractivity contribution in [2.45, 2.75) is 45.8 Å². The lowest BCUT2D eigenvalue weighted by atomic mass is 9.97. The molecule has 0 N–H and O–H groups in total. The summed E-state index contributed by atoms with van der Waals surface area (Å²) >= 11 is 3.48. The molecule has 5 heteroatoms. The van der Waals surface area contributed by atoms with E-state index in [0.29, 0.717) is 6.54 Å². The molecule has 1 aliphatic rings. The summed E-state index contributed by atoms with van der Waals surface area (Å²) in [6.07, 6.45) is -0.303. The molecule has 1 aromatic rings. The Hall–Kier alpha value is -1.23. The normalized spacial score (nSPS) is 17.5. The molecule has 1 amide bonds. The van der Waals surface area contributed by atoms with E-state index >= 15 is 0 Å². The molecule has 0 saturated carbocycles. The Bertz CT molecular complexity index is 564. The first-order valence-corrected chi connectivity index (χ1v) is 7.84. The summed E-state index contributed by atoms with van der Waals surface area (Å²) < 4.78 is 6.50. The third-order valence-corrected chi connectivity index (χ3v) is 4.15. The largest absolute Gasteiger partial charge is 0.443 e. The van der Waals surface area contributed by atoms with Crippen LogP contribution in [0.15, 0.2) is 22.7 Å². The molecule has 0 saturated heterocycles. The van der Waals surface area contributed by atoms with Gasteiger partial charge in [0.1, 0.15) is 5.60 Å². The number of benzene rings is 1. The topological polar surface area (TPSA) is 32.8 Å². The summed E-state index contributed by atoms with van der Waals surface area (Å²) in [6, 6.07) is 5.98. The van der Waals surface area contributed by atoms with Crippen molar-refractivity contribution >= 4 is 33.4 Å². The molecular formula is C16H23BrN2O2. The molecule has 0 aromatic heterocycles. The standard InChI is InChI=1S/C16H23BrN2O2/c1-15(2,3)21-14(20)19-10-16(4,5)18(6)12-8-7-11(17)9-13(12)19/h7-9H,10H2,1-6H3. The van der Waals surface area contributed by atoms with E-state index in [4.69, 9.17) is 4.74 Å². The molecule has 1 aromatic carbocycles. The zero-order valence-electron chi connectivity index (χ0n) is 13.5. The van der Waals surface area contributed by atoms with Crippen molar-refractivity contribution < 1.29 is 9.53 Å². The molecule has 4 nitrogen and oxygen atoms in total. The highest BCUT2D eigenvalue weighted by Crippen LogP contribution is 2.40. The van der Waals surface area contributed by atoms with E-state index in [1.165, 1.54) is 0 Å². The summed E-state index contributed by atoms with van der Waals surface area (Å²) in [4.78, 5) is 16.5. The van der Waals surface area contributed by atoms with Crippen LogP contribution in [0, 0.1) is 0 Å². The number of carbonyl (C=O) groups is 1. The second kappa shape index (κ2) is 5.20. The maximum absolute atomic E-state index is 12.6. The summed E-state index contributed by atoms with van der Waals surface area (Å²) in [6.45, 7) is 10.5. The second-order valence-corrected chi connectivity index (χ2v) is 7.99. The van der Waals surface area contributed by atoms with E-state index in [9.17, 15) is 4.79 Å². The van der Waals surface area contributed by atoms with Gasteiger partial charge >= 0.3 is 6.09 Å². The Labute approximate surface area is 135 Å². The molecular weight excluding hydrogens is 332 g/mol. The number of likely N-dealkylation sites (N-methyl/N-ethyl adjacent to an activating group) is 1. The van der Waals surface area contributed by atoms with E-state index in [1.54, 1.807) is 4.90 Å². The first-order chi connectivity index (χ1) is 9.51. The van der Waals surface area contributed by atoms with Gasteiger partial charge in [0, 0.05) is 11.5 Å². The number of hydrogen-bond acceptors (Lipinski definition) is 3. The minimum Gasteiger partial charge on any atom is -0.443 e. The average Bonchev–Trinajstić information content (AvgIpc) is 2.31. The smallest absolute Gasteiger partial charge is 0.414 e. The van der Waals surface area contributed by atoms with Gasteiger partial charge in [-0.2, -0.15) is 0 Å². The SMILES string of the molecule is CN1c2ccc(Br)cc2N(C(=O)OC(C)(C)C)CC1(C)C. The third-order valence-electron chi connectivity index (χ3n) is 3.66. The van der Waals surface area contributed by atoms with E-state index in [-0.39, 0.29) is 11.6 Å². The van der Waals surface area contributed by atoms with Gasteiger partial charge in [-0.1, -0.05) is 15.9 Å². The molecule has 0 fully saturated rings. The number of halogens is 1. The van der Waals surface area contributed by atoms with Gasteiger partial charge in [0.25, 0.3) is 0 Å². The molecule has 0 spiro atoms. The van der Waals surface area contributed by atoms with Crippen LogP contribution >= 0.6 is 15.9 Å².